The molecule has 0 aliphatic carbocycles. The molecule has 0 bridgehead atoms. The molecule has 0 radical (unpaired) electrons. The van der Waals surface area contributed by atoms with Crippen molar-refractivity contribution in [3.8, 4) is 0 Å². The second-order valence-corrected chi connectivity index (χ2v) is 4.75. The second kappa shape index (κ2) is 8.55. The van der Waals surface area contributed by atoms with Gasteiger partial charge in [0.25, 0.3) is 0 Å². The molecule has 0 aromatic heterocycles. The Kier molecular flexibility index (Phi) is 7.83. The zero-order valence-corrected chi connectivity index (χ0v) is 11.5. The van der Waals surface area contributed by atoms with E-state index < -0.39 is 5.97 Å². The van der Waals surface area contributed by atoms with Gasteiger partial charge in [0.1, 0.15) is 0 Å². The highest BCUT2D eigenvalue weighted by atomic mass is 16.4. The van der Waals surface area contributed by atoms with Gasteiger partial charge in [-0.3, -0.25) is 4.79 Å². The fraction of sp³-hybridized carbons (Fsp3) is 0.692. The van der Waals surface area contributed by atoms with Gasteiger partial charge in [-0.25, -0.2) is 4.79 Å². The van der Waals surface area contributed by atoms with E-state index in [1.165, 1.54) is 0 Å². The number of nitrogens with zero attached hydrogens (tertiary/aromatic N) is 1. The lowest BCUT2D eigenvalue weighted by atomic mass is 10.0. The Bertz CT molecular complexity index is 290. The maximum absolute atomic E-state index is 11.8. The van der Waals surface area contributed by atoms with E-state index in [9.17, 15) is 9.59 Å². The average molecular weight is 256 g/mol. The molecule has 0 aliphatic rings. The van der Waals surface area contributed by atoms with Gasteiger partial charge in [-0.05, 0) is 18.8 Å². The van der Waals surface area contributed by atoms with Crippen LogP contribution in [0.2, 0.25) is 0 Å². The first-order valence-electron chi connectivity index (χ1n) is 6.22. The van der Waals surface area contributed by atoms with Gasteiger partial charge < -0.3 is 15.3 Å². The summed E-state index contributed by atoms with van der Waals surface area (Å²) in [5, 5.41) is 11.5. The molecule has 0 heterocycles. The number of nitrogens with one attached hydrogen (secondary N) is 1. The van der Waals surface area contributed by atoms with Crippen molar-refractivity contribution in [1.29, 1.82) is 0 Å². The average Bonchev–Trinajstić information content (AvgIpc) is 2.27. The van der Waals surface area contributed by atoms with Crippen LogP contribution < -0.4 is 5.32 Å². The lowest BCUT2D eigenvalue weighted by Crippen LogP contribution is -2.46. The number of allylic oxidation sites excluding steroid dienone is 1. The van der Waals surface area contributed by atoms with Crippen molar-refractivity contribution >= 4 is 12.0 Å². The molecule has 0 aliphatic heterocycles. The van der Waals surface area contributed by atoms with E-state index in [2.05, 4.69) is 11.9 Å². The molecule has 0 aromatic carbocycles. The van der Waals surface area contributed by atoms with Gasteiger partial charge in [-0.2, -0.15) is 0 Å². The summed E-state index contributed by atoms with van der Waals surface area (Å²) in [6.45, 7) is 8.05. The van der Waals surface area contributed by atoms with E-state index >= 15 is 0 Å². The van der Waals surface area contributed by atoms with Crippen molar-refractivity contribution < 1.29 is 14.7 Å². The van der Waals surface area contributed by atoms with Crippen LogP contribution >= 0.6 is 0 Å². The summed E-state index contributed by atoms with van der Waals surface area (Å²) in [6, 6.07) is -0.559. The maximum atomic E-state index is 11.8. The normalized spacial score (nSPS) is 12.0. The summed E-state index contributed by atoms with van der Waals surface area (Å²) >= 11 is 0. The highest BCUT2D eigenvalue weighted by Gasteiger charge is 2.20. The van der Waals surface area contributed by atoms with Crippen molar-refractivity contribution in [2.24, 2.45) is 5.92 Å². The zero-order chi connectivity index (χ0) is 14.1. The van der Waals surface area contributed by atoms with E-state index in [4.69, 9.17) is 5.11 Å². The van der Waals surface area contributed by atoms with Crippen LogP contribution in [0, 0.1) is 5.92 Å². The van der Waals surface area contributed by atoms with Crippen LogP contribution in [0.1, 0.15) is 33.1 Å². The number of hydrogen-bond acceptors (Lipinski definition) is 2. The molecule has 0 aromatic rings. The van der Waals surface area contributed by atoms with Crippen LogP contribution in [0.15, 0.2) is 12.7 Å². The molecular formula is C13H24N2O3. The zero-order valence-electron chi connectivity index (χ0n) is 11.5. The highest BCUT2D eigenvalue weighted by Crippen LogP contribution is 2.07. The highest BCUT2D eigenvalue weighted by molar-refractivity contribution is 5.75. The van der Waals surface area contributed by atoms with Crippen molar-refractivity contribution in [2.45, 2.75) is 39.2 Å². The number of carbonyl (C=O) groups is 2. The molecule has 0 rings (SSSR count). The van der Waals surface area contributed by atoms with Gasteiger partial charge in [-0.1, -0.05) is 19.9 Å². The molecule has 1 unspecified atom stereocenters. The van der Waals surface area contributed by atoms with Crippen molar-refractivity contribution in [2.75, 3.05) is 13.6 Å². The Labute approximate surface area is 109 Å². The summed E-state index contributed by atoms with van der Waals surface area (Å²) in [4.78, 5) is 24.1. The van der Waals surface area contributed by atoms with E-state index in [1.807, 2.05) is 19.9 Å². The van der Waals surface area contributed by atoms with Gasteiger partial charge in [0.15, 0.2) is 0 Å². The summed E-state index contributed by atoms with van der Waals surface area (Å²) in [5.41, 5.74) is 0. The lowest BCUT2D eigenvalue weighted by Gasteiger charge is -2.25. The Morgan fingerprint density at radius 2 is 2.06 bits per heavy atom. The molecule has 0 spiro atoms. The Morgan fingerprint density at radius 3 is 2.50 bits per heavy atom. The third kappa shape index (κ3) is 6.93. The van der Waals surface area contributed by atoms with E-state index in [-0.39, 0.29) is 24.4 Å². The first kappa shape index (κ1) is 16.5. The topological polar surface area (TPSA) is 69.6 Å². The molecule has 2 amide bonds. The van der Waals surface area contributed by atoms with E-state index in [0.29, 0.717) is 6.54 Å². The summed E-state index contributed by atoms with van der Waals surface area (Å²) in [6.07, 6.45) is 3.48. The summed E-state index contributed by atoms with van der Waals surface area (Å²) in [5.74, 6) is -0.810. The third-order valence-electron chi connectivity index (χ3n) is 2.76. The van der Waals surface area contributed by atoms with Crippen LogP contribution in [-0.4, -0.2) is 41.6 Å². The second-order valence-electron chi connectivity index (χ2n) is 4.75. The largest absolute Gasteiger partial charge is 0.481 e. The van der Waals surface area contributed by atoms with Crippen LogP contribution in [0.5, 0.6) is 0 Å². The molecule has 0 saturated carbocycles. The lowest BCUT2D eigenvalue weighted by molar-refractivity contribution is -0.137. The molecule has 5 heteroatoms. The number of carbonyl (C=O) groups excluding carboxylic acids is 1. The molecule has 18 heavy (non-hydrogen) atoms. The van der Waals surface area contributed by atoms with Crippen LogP contribution in [0.3, 0.4) is 0 Å². The van der Waals surface area contributed by atoms with Crippen molar-refractivity contribution in [3.05, 3.63) is 12.7 Å². The first-order chi connectivity index (χ1) is 8.38. The van der Waals surface area contributed by atoms with Gasteiger partial charge in [0.2, 0.25) is 0 Å². The van der Waals surface area contributed by atoms with Gasteiger partial charge >= 0.3 is 12.0 Å². The van der Waals surface area contributed by atoms with Gasteiger partial charge in [0.05, 0.1) is 6.42 Å². The molecule has 2 N–H and O–H groups in total. The van der Waals surface area contributed by atoms with Gasteiger partial charge in [0, 0.05) is 19.6 Å². The van der Waals surface area contributed by atoms with E-state index in [0.717, 1.165) is 12.8 Å². The predicted octanol–water partition coefficient (Wildman–Crippen LogP) is 2.09. The molecule has 5 nitrogen and oxygen atoms in total. The Balaban J connectivity index is 4.22. The standard InChI is InChI=1S/C13H24N2O3/c1-5-6-7-8-15(4)13(18)14-11(10(2)3)9-12(16)17/h5,10-11H,1,6-9H2,2-4H3,(H,14,18)(H,16,17). The monoisotopic (exact) mass is 256 g/mol. The molecule has 1 atom stereocenters. The number of unbranched alkanes of at least 4 members (excludes halogenated alkanes) is 1. The number of aliphatic carboxylic acids is 1. The number of hydrogen-bond donors (Lipinski definition) is 2. The Hall–Kier alpha value is -1.52. The fourth-order valence-corrected chi connectivity index (χ4v) is 1.48. The smallest absolute Gasteiger partial charge is 0.317 e. The van der Waals surface area contributed by atoms with Crippen LogP contribution in [0.25, 0.3) is 0 Å². The van der Waals surface area contributed by atoms with Crippen LogP contribution in [0.4, 0.5) is 4.79 Å². The SMILES string of the molecule is C=CCCCN(C)C(=O)NC(CC(=O)O)C(C)C. The summed E-state index contributed by atoms with van der Waals surface area (Å²) in [7, 11) is 1.70. The molecule has 0 saturated heterocycles. The first-order valence-corrected chi connectivity index (χ1v) is 6.22. The molecular weight excluding hydrogens is 232 g/mol. The number of carboxylic acids is 1. The minimum Gasteiger partial charge on any atom is -0.481 e. The predicted molar refractivity (Wildman–Crippen MR) is 71.5 cm³/mol. The van der Waals surface area contributed by atoms with E-state index in [1.54, 1.807) is 11.9 Å². The third-order valence-corrected chi connectivity index (χ3v) is 2.76. The number of carboxylic acid groups (broad SMARTS) is 1. The molecule has 104 valence electrons. The maximum Gasteiger partial charge on any atom is 0.317 e. The minimum absolute atomic E-state index is 0.0517. The van der Waals surface area contributed by atoms with Crippen molar-refractivity contribution in [1.82, 2.24) is 10.2 Å². The number of rotatable bonds is 8. The fourth-order valence-electron chi connectivity index (χ4n) is 1.48. The summed E-state index contributed by atoms with van der Waals surface area (Å²) < 4.78 is 0. The minimum atomic E-state index is -0.900. The molecule has 0 fully saturated rings. The quantitative estimate of drug-likeness (QED) is 0.516. The Morgan fingerprint density at radius 1 is 1.44 bits per heavy atom. The van der Waals surface area contributed by atoms with Crippen LogP contribution in [-0.2, 0) is 4.79 Å². The number of urea groups is 1. The number of amides is 2. The van der Waals surface area contributed by atoms with Gasteiger partial charge in [-0.15, -0.1) is 6.58 Å². The van der Waals surface area contributed by atoms with Crippen molar-refractivity contribution in [3.63, 3.8) is 0 Å².